The number of nitrogens with zero attached hydrogens (tertiary/aromatic N) is 2. The molecule has 6 heterocycles. The van der Waals surface area contributed by atoms with E-state index in [0.29, 0.717) is 36.1 Å². The molecule has 0 aromatic carbocycles. The van der Waals surface area contributed by atoms with Crippen LogP contribution in [0.25, 0.3) is 30.9 Å². The summed E-state index contributed by atoms with van der Waals surface area (Å²) in [4.78, 5) is 43.6. The number of hydrogen-bond acceptors (Lipinski definition) is 6. The summed E-state index contributed by atoms with van der Waals surface area (Å²) < 4.78 is 0. The first-order valence-corrected chi connectivity index (χ1v) is 32.2. The van der Waals surface area contributed by atoms with E-state index in [-0.39, 0.29) is 11.8 Å². The lowest BCUT2D eigenvalue weighted by Crippen LogP contribution is -2.34. The van der Waals surface area contributed by atoms with E-state index in [9.17, 15) is 0 Å². The van der Waals surface area contributed by atoms with E-state index in [2.05, 4.69) is 100 Å². The molecule has 4 aromatic heterocycles. The van der Waals surface area contributed by atoms with Gasteiger partial charge in [-0.1, -0.05) is 171 Å². The first-order valence-electron chi connectivity index (χ1n) is 28.8. The van der Waals surface area contributed by atoms with Gasteiger partial charge < -0.3 is 9.80 Å². The predicted octanol–water partition coefficient (Wildman–Crippen LogP) is 20.0. The van der Waals surface area contributed by atoms with Crippen molar-refractivity contribution in [2.45, 2.75) is 235 Å². The van der Waals surface area contributed by atoms with Crippen LogP contribution in [0, 0.1) is 11.8 Å². The number of rotatable bonds is 36. The molecule has 2 amide bonds. The molecule has 0 bridgehead atoms. The third-order valence-electron chi connectivity index (χ3n) is 15.2. The second-order valence-electron chi connectivity index (χ2n) is 20.9. The molecule has 2 atom stereocenters. The van der Waals surface area contributed by atoms with E-state index in [0.717, 1.165) is 111 Å². The zero-order valence-corrected chi connectivity index (χ0v) is 48.4. The minimum atomic E-state index is 0.0438. The summed E-state index contributed by atoms with van der Waals surface area (Å²) in [6.07, 6.45) is 32.9. The number of amides is 2. The zero-order chi connectivity index (χ0) is 49.8. The number of aryl methyl sites for hydroxylation is 4. The topological polar surface area (TPSA) is 40.6 Å². The van der Waals surface area contributed by atoms with E-state index >= 15 is 9.59 Å². The SMILES string of the molecule is CCCCCCc1csc(-c2sc(C3=C4C(=O)N(CC(CC)CCCC)C(c5cc(CCCCCC)c(-c6cc(CCCCCC)cs6)s5)=C4C(=O)N3CC(CC)CCCC)cc2CCCCCC)c1. The van der Waals surface area contributed by atoms with Crippen molar-refractivity contribution in [2.24, 2.45) is 11.8 Å². The number of fused-ring (bicyclic) bond motifs is 1. The van der Waals surface area contributed by atoms with Crippen molar-refractivity contribution in [2.75, 3.05) is 13.1 Å². The fourth-order valence-corrected chi connectivity index (χ4v) is 15.5. The van der Waals surface area contributed by atoms with E-state index in [1.807, 2.05) is 45.3 Å². The molecule has 0 aliphatic carbocycles. The van der Waals surface area contributed by atoms with Crippen LogP contribution in [-0.2, 0) is 35.3 Å². The van der Waals surface area contributed by atoms with Crippen molar-refractivity contribution in [1.82, 2.24) is 9.80 Å². The van der Waals surface area contributed by atoms with Gasteiger partial charge in [-0.25, -0.2) is 0 Å². The van der Waals surface area contributed by atoms with Crippen LogP contribution in [0.2, 0.25) is 0 Å². The third-order valence-corrected chi connectivity index (χ3v) is 19.9. The summed E-state index contributed by atoms with van der Waals surface area (Å²) in [6.45, 7) is 19.6. The minimum Gasteiger partial charge on any atom is -0.306 e. The van der Waals surface area contributed by atoms with Crippen LogP contribution in [0.15, 0.2) is 46.2 Å². The predicted molar refractivity (Wildman–Crippen MR) is 311 cm³/mol. The minimum absolute atomic E-state index is 0.0438. The van der Waals surface area contributed by atoms with Crippen LogP contribution in [-0.4, -0.2) is 34.7 Å². The first kappa shape index (κ1) is 56.5. The normalized spacial score (nSPS) is 14.9. The van der Waals surface area contributed by atoms with Crippen molar-refractivity contribution >= 4 is 68.6 Å². The Morgan fingerprint density at radius 2 is 0.771 bits per heavy atom. The maximum Gasteiger partial charge on any atom is 0.261 e. The van der Waals surface area contributed by atoms with Gasteiger partial charge in [0.15, 0.2) is 0 Å². The Morgan fingerprint density at radius 3 is 1.11 bits per heavy atom. The van der Waals surface area contributed by atoms with Crippen molar-refractivity contribution in [3.63, 3.8) is 0 Å². The number of carbonyl (C=O) groups is 2. The fraction of sp³-hybridized carbons (Fsp3) is 0.645. The van der Waals surface area contributed by atoms with Crippen molar-refractivity contribution in [3.8, 4) is 19.5 Å². The van der Waals surface area contributed by atoms with Crippen LogP contribution in [0.5, 0.6) is 0 Å². The summed E-state index contributed by atoms with van der Waals surface area (Å²) in [7, 11) is 0. The standard InChI is InChI=1S/C62H92N2O2S4/c1-9-17-23-27-33-47-37-53(67-43-47)59-49(35-29-25-19-11-3)39-51(69-59)57-55-56(62(66)63(57)41-45(15-7)31-21-13-5)58(64(61(55)65)42-46(16-8)32-22-14-6)52-40-50(36-30-26-20-12-4)60(70-52)54-38-48(44-68-54)34-28-24-18-10-2/h37-40,43-46H,9-36,41-42H2,1-8H3. The van der Waals surface area contributed by atoms with Gasteiger partial charge in [-0.05, 0) is 133 Å². The lowest BCUT2D eigenvalue weighted by molar-refractivity contribution is -0.124. The Labute approximate surface area is 442 Å². The van der Waals surface area contributed by atoms with Gasteiger partial charge in [-0.15, -0.1) is 45.3 Å². The van der Waals surface area contributed by atoms with Gasteiger partial charge >= 0.3 is 0 Å². The summed E-state index contributed by atoms with van der Waals surface area (Å²) in [5, 5.41) is 4.78. The van der Waals surface area contributed by atoms with Gasteiger partial charge in [0.25, 0.3) is 11.8 Å². The van der Waals surface area contributed by atoms with E-state index in [1.165, 1.54) is 132 Å². The number of thiophene rings is 4. The van der Waals surface area contributed by atoms with Crippen molar-refractivity contribution < 1.29 is 9.59 Å². The van der Waals surface area contributed by atoms with Crippen molar-refractivity contribution in [1.29, 1.82) is 0 Å². The highest BCUT2D eigenvalue weighted by Crippen LogP contribution is 2.52. The number of unbranched alkanes of at least 4 members (excludes halogenated alkanes) is 14. The molecule has 0 radical (unpaired) electrons. The molecule has 2 unspecified atom stereocenters. The summed E-state index contributed by atoms with van der Waals surface area (Å²) in [5.41, 5.74) is 8.80. The van der Waals surface area contributed by atoms with E-state index < -0.39 is 0 Å². The Bertz CT molecular complexity index is 2120. The van der Waals surface area contributed by atoms with Gasteiger partial charge in [0, 0.05) is 32.6 Å². The maximum absolute atomic E-state index is 15.9. The fourth-order valence-electron chi connectivity index (χ4n) is 10.7. The molecule has 2 aliphatic heterocycles. The van der Waals surface area contributed by atoms with E-state index in [4.69, 9.17) is 0 Å². The Morgan fingerprint density at radius 1 is 0.414 bits per heavy atom. The lowest BCUT2D eigenvalue weighted by atomic mass is 9.98. The molecule has 4 aromatic rings. The highest BCUT2D eigenvalue weighted by molar-refractivity contribution is 7.22. The van der Waals surface area contributed by atoms with Crippen LogP contribution in [0.3, 0.4) is 0 Å². The van der Waals surface area contributed by atoms with Crippen molar-refractivity contribution in [3.05, 3.63) is 78.2 Å². The molecule has 0 N–H and O–H groups in total. The van der Waals surface area contributed by atoms with Gasteiger partial charge in [-0.2, -0.15) is 0 Å². The smallest absolute Gasteiger partial charge is 0.261 e. The molecule has 0 saturated heterocycles. The molecule has 0 fully saturated rings. The van der Waals surface area contributed by atoms with Crippen LogP contribution in [0.1, 0.15) is 241 Å². The highest BCUT2D eigenvalue weighted by Gasteiger charge is 2.50. The number of hydrogen-bond donors (Lipinski definition) is 0. The molecule has 2 aliphatic rings. The monoisotopic (exact) mass is 1020 g/mol. The van der Waals surface area contributed by atoms with Gasteiger partial charge in [0.1, 0.15) is 0 Å². The molecule has 8 heteroatoms. The first-order chi connectivity index (χ1) is 34.2. The summed E-state index contributed by atoms with van der Waals surface area (Å²) >= 11 is 7.48. The molecule has 70 heavy (non-hydrogen) atoms. The quantitative estimate of drug-likeness (QED) is 0.0426. The highest BCUT2D eigenvalue weighted by atomic mass is 32.1. The molecule has 6 rings (SSSR count). The van der Waals surface area contributed by atoms with Gasteiger partial charge in [-0.3, -0.25) is 9.59 Å². The summed E-state index contributed by atoms with van der Waals surface area (Å²) in [6, 6.07) is 9.76. The third kappa shape index (κ3) is 14.7. The van der Waals surface area contributed by atoms with Gasteiger partial charge in [0.05, 0.1) is 32.3 Å². The number of carbonyl (C=O) groups excluding carboxylic acids is 2. The zero-order valence-electron chi connectivity index (χ0n) is 45.2. The van der Waals surface area contributed by atoms with Crippen LogP contribution < -0.4 is 0 Å². The lowest BCUT2D eigenvalue weighted by Gasteiger charge is -2.29. The van der Waals surface area contributed by atoms with Crippen LogP contribution in [0.4, 0.5) is 0 Å². The van der Waals surface area contributed by atoms with Crippen LogP contribution >= 0.6 is 45.3 Å². The Kier molecular flexibility index (Phi) is 24.1. The second-order valence-corrected chi connectivity index (χ2v) is 24.8. The largest absolute Gasteiger partial charge is 0.306 e. The molecular weight excluding hydrogens is 933 g/mol. The molecule has 0 saturated carbocycles. The Hall–Kier alpha value is -2.78. The molecule has 4 nitrogen and oxygen atoms in total. The average molecular weight is 1030 g/mol. The van der Waals surface area contributed by atoms with Gasteiger partial charge in [0.2, 0.25) is 0 Å². The average Bonchev–Trinajstić information content (AvgIpc) is 4.25. The summed E-state index contributed by atoms with van der Waals surface area (Å²) in [5.74, 6) is 0.820. The molecule has 386 valence electrons. The molecule has 0 spiro atoms. The Balaban J connectivity index is 1.55. The molecular formula is C62H92N2O2S4. The second kappa shape index (κ2) is 29.8. The van der Waals surface area contributed by atoms with E-state index in [1.54, 1.807) is 0 Å². The maximum atomic E-state index is 15.9.